The van der Waals surface area contributed by atoms with E-state index in [4.69, 9.17) is 5.11 Å². The molecule has 0 unspecified atom stereocenters. The van der Waals surface area contributed by atoms with Gasteiger partial charge in [-0.1, -0.05) is 31.6 Å². The molecule has 0 aliphatic carbocycles. The molecule has 14 heavy (non-hydrogen) atoms. The van der Waals surface area contributed by atoms with Crippen molar-refractivity contribution < 1.29 is 5.11 Å². The molecule has 1 aromatic heterocycles. The number of aliphatic hydroxyl groups is 1. The third kappa shape index (κ3) is 3.94. The molecule has 0 spiro atoms. The van der Waals surface area contributed by atoms with Crippen LogP contribution in [0.5, 0.6) is 0 Å². The summed E-state index contributed by atoms with van der Waals surface area (Å²) in [6.45, 7) is 7.29. The maximum atomic E-state index is 8.83. The number of aromatic nitrogens is 2. The molecule has 0 saturated heterocycles. The molecule has 0 atom stereocenters. The lowest BCUT2D eigenvalue weighted by atomic mass is 10.3. The van der Waals surface area contributed by atoms with Gasteiger partial charge in [-0.25, -0.2) is 4.98 Å². The Morgan fingerprint density at radius 3 is 2.79 bits per heavy atom. The number of rotatable bonds is 4. The van der Waals surface area contributed by atoms with Gasteiger partial charge < -0.3 is 9.67 Å². The highest BCUT2D eigenvalue weighted by Crippen LogP contribution is 2.39. The highest BCUT2D eigenvalue weighted by atomic mass is 33.1. The Bertz CT molecular complexity index is 281. The van der Waals surface area contributed by atoms with E-state index in [0.717, 1.165) is 5.16 Å². The minimum absolute atomic E-state index is 0.157. The van der Waals surface area contributed by atoms with E-state index in [1.165, 1.54) is 0 Å². The van der Waals surface area contributed by atoms with Gasteiger partial charge in [0.25, 0.3) is 0 Å². The average Bonchev–Trinajstić information content (AvgIpc) is 2.48. The van der Waals surface area contributed by atoms with Crippen LogP contribution in [0.25, 0.3) is 0 Å². The Morgan fingerprint density at radius 1 is 1.50 bits per heavy atom. The zero-order valence-electron chi connectivity index (χ0n) is 8.73. The second-order valence-electron chi connectivity index (χ2n) is 3.91. The lowest BCUT2D eigenvalue weighted by Gasteiger charge is -2.16. The Balaban J connectivity index is 2.53. The Morgan fingerprint density at radius 2 is 2.21 bits per heavy atom. The van der Waals surface area contributed by atoms with Crippen molar-refractivity contribution in [3.05, 3.63) is 12.4 Å². The third-order valence-electron chi connectivity index (χ3n) is 1.38. The summed E-state index contributed by atoms with van der Waals surface area (Å²) >= 11 is 0. The molecule has 0 amide bonds. The van der Waals surface area contributed by atoms with Gasteiger partial charge in [0.2, 0.25) is 0 Å². The van der Waals surface area contributed by atoms with E-state index in [2.05, 4.69) is 25.8 Å². The lowest BCUT2D eigenvalue weighted by Crippen LogP contribution is -2.06. The molecule has 3 nitrogen and oxygen atoms in total. The molecular weight excluding hydrogens is 216 g/mol. The lowest BCUT2D eigenvalue weighted by molar-refractivity contribution is 0.271. The number of hydrogen-bond donors (Lipinski definition) is 1. The summed E-state index contributed by atoms with van der Waals surface area (Å²) in [7, 11) is 3.44. The van der Waals surface area contributed by atoms with Gasteiger partial charge in [0.1, 0.15) is 0 Å². The van der Waals surface area contributed by atoms with Gasteiger partial charge in [0.05, 0.1) is 6.61 Å². The zero-order chi connectivity index (χ0) is 10.6. The van der Waals surface area contributed by atoms with Crippen LogP contribution in [0.1, 0.15) is 20.8 Å². The predicted molar refractivity (Wildman–Crippen MR) is 62.5 cm³/mol. The van der Waals surface area contributed by atoms with Crippen LogP contribution in [-0.4, -0.2) is 26.0 Å². The van der Waals surface area contributed by atoms with E-state index in [1.807, 2.05) is 10.8 Å². The highest BCUT2D eigenvalue weighted by Gasteiger charge is 2.13. The quantitative estimate of drug-likeness (QED) is 0.809. The largest absolute Gasteiger partial charge is 0.395 e. The van der Waals surface area contributed by atoms with Gasteiger partial charge in [0, 0.05) is 23.7 Å². The van der Waals surface area contributed by atoms with Gasteiger partial charge in [0.15, 0.2) is 5.16 Å². The molecule has 0 aromatic carbocycles. The molecular formula is C9H16N2OS2. The van der Waals surface area contributed by atoms with Crippen LogP contribution >= 0.6 is 21.6 Å². The molecule has 1 aromatic rings. The summed E-state index contributed by atoms with van der Waals surface area (Å²) in [5.41, 5.74) is 0. The fourth-order valence-corrected chi connectivity index (χ4v) is 2.89. The Labute approximate surface area is 92.7 Å². The number of aliphatic hydroxyl groups excluding tert-OH is 1. The second kappa shape index (κ2) is 5.09. The Kier molecular flexibility index (Phi) is 4.34. The van der Waals surface area contributed by atoms with Crippen LogP contribution in [0.4, 0.5) is 0 Å². The van der Waals surface area contributed by atoms with Crippen LogP contribution in [0, 0.1) is 0 Å². The fourth-order valence-electron chi connectivity index (χ4n) is 0.825. The summed E-state index contributed by atoms with van der Waals surface area (Å²) in [5.74, 6) is 0. The van der Waals surface area contributed by atoms with Crippen molar-refractivity contribution in [2.24, 2.45) is 0 Å². The first-order valence-corrected chi connectivity index (χ1v) is 6.65. The predicted octanol–water partition coefficient (Wildman–Crippen LogP) is 2.41. The molecule has 0 aliphatic heterocycles. The first-order chi connectivity index (χ1) is 6.53. The van der Waals surface area contributed by atoms with E-state index >= 15 is 0 Å². The van der Waals surface area contributed by atoms with Crippen LogP contribution in [-0.2, 0) is 6.54 Å². The van der Waals surface area contributed by atoms with Gasteiger partial charge in [-0.3, -0.25) is 0 Å². The Hall–Kier alpha value is -0.130. The van der Waals surface area contributed by atoms with Crippen molar-refractivity contribution in [1.29, 1.82) is 0 Å². The minimum atomic E-state index is 0.157. The van der Waals surface area contributed by atoms with E-state index in [-0.39, 0.29) is 11.4 Å². The number of hydrogen-bond acceptors (Lipinski definition) is 4. The summed E-state index contributed by atoms with van der Waals surface area (Å²) in [6.07, 6.45) is 3.66. The minimum Gasteiger partial charge on any atom is -0.395 e. The van der Waals surface area contributed by atoms with E-state index in [0.29, 0.717) is 6.54 Å². The summed E-state index contributed by atoms with van der Waals surface area (Å²) < 4.78 is 2.18. The van der Waals surface area contributed by atoms with E-state index in [9.17, 15) is 0 Å². The molecule has 1 N–H and O–H groups in total. The monoisotopic (exact) mass is 232 g/mol. The third-order valence-corrected chi connectivity index (χ3v) is 4.65. The fraction of sp³-hybridized carbons (Fsp3) is 0.667. The van der Waals surface area contributed by atoms with E-state index < -0.39 is 0 Å². The van der Waals surface area contributed by atoms with Crippen LogP contribution < -0.4 is 0 Å². The first-order valence-electron chi connectivity index (χ1n) is 4.50. The second-order valence-corrected chi connectivity index (χ2v) is 6.83. The maximum absolute atomic E-state index is 8.83. The van der Waals surface area contributed by atoms with Crippen molar-refractivity contribution in [3.8, 4) is 0 Å². The van der Waals surface area contributed by atoms with Gasteiger partial charge in [-0.15, -0.1) is 0 Å². The summed E-state index contributed by atoms with van der Waals surface area (Å²) in [6, 6.07) is 0. The summed E-state index contributed by atoms with van der Waals surface area (Å²) in [5, 5.41) is 9.78. The van der Waals surface area contributed by atoms with Crippen LogP contribution in [0.2, 0.25) is 0 Å². The van der Waals surface area contributed by atoms with Crippen molar-refractivity contribution in [3.63, 3.8) is 0 Å². The molecule has 0 radical (unpaired) electrons. The van der Waals surface area contributed by atoms with Crippen molar-refractivity contribution in [2.45, 2.75) is 37.2 Å². The SMILES string of the molecule is CC(C)(C)SSc1nccn1CCO. The average molecular weight is 232 g/mol. The molecule has 0 aliphatic rings. The number of nitrogens with zero attached hydrogens (tertiary/aromatic N) is 2. The normalized spacial score (nSPS) is 12.0. The highest BCUT2D eigenvalue weighted by molar-refractivity contribution is 8.77. The molecule has 1 rings (SSSR count). The molecule has 80 valence electrons. The van der Waals surface area contributed by atoms with Crippen LogP contribution in [0.3, 0.4) is 0 Å². The van der Waals surface area contributed by atoms with Gasteiger partial charge in [-0.2, -0.15) is 0 Å². The smallest absolute Gasteiger partial charge is 0.178 e. The zero-order valence-corrected chi connectivity index (χ0v) is 10.4. The molecule has 5 heteroatoms. The first kappa shape index (κ1) is 11.9. The van der Waals surface area contributed by atoms with Crippen molar-refractivity contribution in [1.82, 2.24) is 9.55 Å². The molecule has 1 heterocycles. The topological polar surface area (TPSA) is 38.0 Å². The van der Waals surface area contributed by atoms with Crippen molar-refractivity contribution in [2.75, 3.05) is 6.61 Å². The molecule has 0 saturated carbocycles. The number of imidazole rings is 1. The standard InChI is InChI=1S/C9H16N2OS2/c1-9(2,3)14-13-8-10-4-5-11(8)6-7-12/h4-5,12H,6-7H2,1-3H3. The van der Waals surface area contributed by atoms with E-state index in [1.54, 1.807) is 27.8 Å². The maximum Gasteiger partial charge on any atom is 0.178 e. The molecule has 0 bridgehead atoms. The van der Waals surface area contributed by atoms with Gasteiger partial charge in [-0.05, 0) is 10.8 Å². The van der Waals surface area contributed by atoms with Crippen LogP contribution in [0.15, 0.2) is 17.6 Å². The van der Waals surface area contributed by atoms with Gasteiger partial charge >= 0.3 is 0 Å². The van der Waals surface area contributed by atoms with Crippen molar-refractivity contribution >= 4 is 21.6 Å². The molecule has 0 fully saturated rings. The summed E-state index contributed by atoms with van der Waals surface area (Å²) in [4.78, 5) is 4.23.